The van der Waals surface area contributed by atoms with Crippen LogP contribution in [0.4, 0.5) is 11.4 Å². The molecule has 0 aliphatic carbocycles. The zero-order chi connectivity index (χ0) is 10.8. The molecule has 15 heavy (non-hydrogen) atoms. The number of anilines is 2. The molecule has 0 unspecified atom stereocenters. The largest absolute Gasteiger partial charge is 0.399 e. The molecule has 0 bridgehead atoms. The standard InChI is InChI=1S/C11H16N2O2/c1-15-11-7-13(6-10(11)14)9-4-2-8(12)3-5-9/h2-5,10-11,14H,6-7,12H2,1H3/t10-,11+/m1/s1. The van der Waals surface area contributed by atoms with Crippen molar-refractivity contribution in [3.05, 3.63) is 24.3 Å². The number of rotatable bonds is 2. The number of methoxy groups -OCH3 is 1. The van der Waals surface area contributed by atoms with Gasteiger partial charge in [0.25, 0.3) is 0 Å². The van der Waals surface area contributed by atoms with E-state index in [9.17, 15) is 5.11 Å². The predicted octanol–water partition coefficient (Wildman–Crippen LogP) is 0.465. The Bertz CT molecular complexity index is 326. The molecule has 1 saturated heterocycles. The molecular weight excluding hydrogens is 192 g/mol. The summed E-state index contributed by atoms with van der Waals surface area (Å²) in [6.45, 7) is 1.34. The molecule has 4 heteroatoms. The molecule has 4 nitrogen and oxygen atoms in total. The van der Waals surface area contributed by atoms with Crippen LogP contribution in [0.2, 0.25) is 0 Å². The van der Waals surface area contributed by atoms with Crippen molar-refractivity contribution in [3.8, 4) is 0 Å². The van der Waals surface area contributed by atoms with E-state index in [1.165, 1.54) is 0 Å². The first-order chi connectivity index (χ1) is 7.20. The second kappa shape index (κ2) is 4.08. The smallest absolute Gasteiger partial charge is 0.102 e. The van der Waals surface area contributed by atoms with Gasteiger partial charge < -0.3 is 20.5 Å². The molecular formula is C11H16N2O2. The van der Waals surface area contributed by atoms with Gasteiger partial charge in [0.15, 0.2) is 0 Å². The van der Waals surface area contributed by atoms with Crippen molar-refractivity contribution in [1.29, 1.82) is 0 Å². The highest BCUT2D eigenvalue weighted by Crippen LogP contribution is 2.22. The highest BCUT2D eigenvalue weighted by molar-refractivity contribution is 5.54. The van der Waals surface area contributed by atoms with Gasteiger partial charge in [0, 0.05) is 31.6 Å². The monoisotopic (exact) mass is 208 g/mol. The Morgan fingerprint density at radius 1 is 1.33 bits per heavy atom. The summed E-state index contributed by atoms with van der Waals surface area (Å²) in [5, 5.41) is 9.68. The fraction of sp³-hybridized carbons (Fsp3) is 0.455. The fourth-order valence-corrected chi connectivity index (χ4v) is 1.88. The first kappa shape index (κ1) is 10.3. The van der Waals surface area contributed by atoms with Crippen molar-refractivity contribution in [3.63, 3.8) is 0 Å². The van der Waals surface area contributed by atoms with Crippen LogP contribution in [0.5, 0.6) is 0 Å². The zero-order valence-electron chi connectivity index (χ0n) is 8.76. The maximum atomic E-state index is 9.68. The first-order valence-electron chi connectivity index (χ1n) is 5.02. The third-order valence-corrected chi connectivity index (χ3v) is 2.80. The minimum absolute atomic E-state index is 0.0949. The van der Waals surface area contributed by atoms with Crippen molar-refractivity contribution in [2.45, 2.75) is 12.2 Å². The molecule has 1 aliphatic heterocycles. The van der Waals surface area contributed by atoms with Crippen LogP contribution in [0.15, 0.2) is 24.3 Å². The molecule has 2 atom stereocenters. The van der Waals surface area contributed by atoms with Crippen molar-refractivity contribution < 1.29 is 9.84 Å². The van der Waals surface area contributed by atoms with Gasteiger partial charge in [-0.25, -0.2) is 0 Å². The maximum absolute atomic E-state index is 9.68. The van der Waals surface area contributed by atoms with E-state index in [1.807, 2.05) is 24.3 Å². The second-order valence-corrected chi connectivity index (χ2v) is 3.84. The number of nitrogens with zero attached hydrogens (tertiary/aromatic N) is 1. The molecule has 1 aromatic carbocycles. The predicted molar refractivity (Wildman–Crippen MR) is 59.9 cm³/mol. The van der Waals surface area contributed by atoms with E-state index in [2.05, 4.69) is 4.90 Å². The van der Waals surface area contributed by atoms with Crippen molar-refractivity contribution in [2.75, 3.05) is 30.8 Å². The molecule has 1 aromatic rings. The van der Waals surface area contributed by atoms with Crippen LogP contribution in [0.3, 0.4) is 0 Å². The summed E-state index contributed by atoms with van der Waals surface area (Å²) in [5.41, 5.74) is 7.44. The lowest BCUT2D eigenvalue weighted by molar-refractivity contribution is 0.0217. The Labute approximate surface area is 89.3 Å². The van der Waals surface area contributed by atoms with E-state index >= 15 is 0 Å². The number of β-amino-alcohol motifs (C(OH)–C–C–N with tert-alkyl or cyclic N) is 1. The summed E-state index contributed by atoms with van der Waals surface area (Å²) in [7, 11) is 1.63. The van der Waals surface area contributed by atoms with E-state index in [4.69, 9.17) is 10.5 Å². The molecule has 82 valence electrons. The quantitative estimate of drug-likeness (QED) is 0.693. The topological polar surface area (TPSA) is 58.7 Å². The lowest BCUT2D eigenvalue weighted by Gasteiger charge is -2.17. The Balaban J connectivity index is 2.10. The Kier molecular flexibility index (Phi) is 2.79. The molecule has 0 spiro atoms. The van der Waals surface area contributed by atoms with Crippen LogP contribution >= 0.6 is 0 Å². The third-order valence-electron chi connectivity index (χ3n) is 2.80. The summed E-state index contributed by atoms with van der Waals surface area (Å²) >= 11 is 0. The Morgan fingerprint density at radius 2 is 2.00 bits per heavy atom. The van der Waals surface area contributed by atoms with E-state index in [0.717, 1.165) is 17.9 Å². The molecule has 0 saturated carbocycles. The molecule has 0 amide bonds. The number of ether oxygens (including phenoxy) is 1. The van der Waals surface area contributed by atoms with Gasteiger partial charge in [0.05, 0.1) is 6.10 Å². The van der Waals surface area contributed by atoms with Gasteiger partial charge >= 0.3 is 0 Å². The maximum Gasteiger partial charge on any atom is 0.102 e. The summed E-state index contributed by atoms with van der Waals surface area (Å²) in [5.74, 6) is 0. The first-order valence-corrected chi connectivity index (χ1v) is 5.02. The van der Waals surface area contributed by atoms with Crippen LogP contribution < -0.4 is 10.6 Å². The molecule has 0 radical (unpaired) electrons. The average Bonchev–Trinajstić information content (AvgIpc) is 2.61. The summed E-state index contributed by atoms with van der Waals surface area (Å²) in [6, 6.07) is 7.64. The lowest BCUT2D eigenvalue weighted by Crippen LogP contribution is -2.25. The number of aliphatic hydroxyl groups is 1. The molecule has 2 rings (SSSR count). The highest BCUT2D eigenvalue weighted by atomic mass is 16.5. The molecule has 1 aliphatic rings. The third kappa shape index (κ3) is 2.06. The van der Waals surface area contributed by atoms with E-state index in [1.54, 1.807) is 7.11 Å². The van der Waals surface area contributed by atoms with Crippen LogP contribution in [-0.4, -0.2) is 37.5 Å². The van der Waals surface area contributed by atoms with Crippen molar-refractivity contribution in [2.24, 2.45) is 0 Å². The van der Waals surface area contributed by atoms with Crippen molar-refractivity contribution in [1.82, 2.24) is 0 Å². The number of benzene rings is 1. The van der Waals surface area contributed by atoms with Gasteiger partial charge in [-0.15, -0.1) is 0 Å². The number of nitrogen functional groups attached to an aromatic ring is 1. The number of hydrogen-bond donors (Lipinski definition) is 2. The SMILES string of the molecule is CO[C@H]1CN(c2ccc(N)cc2)C[C@H]1O. The van der Waals surface area contributed by atoms with Gasteiger partial charge in [-0.1, -0.05) is 0 Å². The van der Waals surface area contributed by atoms with Crippen LogP contribution in [0.1, 0.15) is 0 Å². The zero-order valence-corrected chi connectivity index (χ0v) is 8.76. The second-order valence-electron chi connectivity index (χ2n) is 3.84. The van der Waals surface area contributed by atoms with E-state index in [-0.39, 0.29) is 6.10 Å². The number of aliphatic hydroxyl groups excluding tert-OH is 1. The van der Waals surface area contributed by atoms with Gasteiger partial charge in [-0.05, 0) is 24.3 Å². The number of hydrogen-bond acceptors (Lipinski definition) is 4. The fourth-order valence-electron chi connectivity index (χ4n) is 1.88. The summed E-state index contributed by atoms with van der Waals surface area (Å²) in [6.07, 6.45) is -0.505. The van der Waals surface area contributed by atoms with Gasteiger partial charge in [-0.3, -0.25) is 0 Å². The van der Waals surface area contributed by atoms with Crippen molar-refractivity contribution >= 4 is 11.4 Å². The Hall–Kier alpha value is -1.26. The van der Waals surface area contributed by atoms with E-state index in [0.29, 0.717) is 6.54 Å². The normalized spacial score (nSPS) is 25.9. The summed E-state index contributed by atoms with van der Waals surface area (Å²) in [4.78, 5) is 2.10. The Morgan fingerprint density at radius 3 is 2.53 bits per heavy atom. The molecule has 3 N–H and O–H groups in total. The molecule has 1 heterocycles. The molecule has 1 fully saturated rings. The summed E-state index contributed by atoms with van der Waals surface area (Å²) < 4.78 is 5.18. The minimum atomic E-state index is -0.410. The van der Waals surface area contributed by atoms with Crippen LogP contribution in [0.25, 0.3) is 0 Å². The lowest BCUT2D eigenvalue weighted by atomic mass is 10.2. The van der Waals surface area contributed by atoms with Gasteiger partial charge in [0.2, 0.25) is 0 Å². The molecule has 0 aromatic heterocycles. The highest BCUT2D eigenvalue weighted by Gasteiger charge is 2.31. The van der Waals surface area contributed by atoms with E-state index < -0.39 is 6.10 Å². The average molecular weight is 208 g/mol. The van der Waals surface area contributed by atoms with Crippen LogP contribution in [0, 0.1) is 0 Å². The minimum Gasteiger partial charge on any atom is -0.399 e. The van der Waals surface area contributed by atoms with Crippen LogP contribution in [-0.2, 0) is 4.74 Å². The van der Waals surface area contributed by atoms with Gasteiger partial charge in [0.1, 0.15) is 6.10 Å². The number of nitrogens with two attached hydrogens (primary N) is 1. The van der Waals surface area contributed by atoms with Gasteiger partial charge in [-0.2, -0.15) is 0 Å².